The Balaban J connectivity index is 2.14. The van der Waals surface area contributed by atoms with Crippen molar-refractivity contribution in [1.82, 2.24) is 9.21 Å². The van der Waals surface area contributed by atoms with Gasteiger partial charge >= 0.3 is 0 Å². The molecule has 5 nitrogen and oxygen atoms in total. The quantitative estimate of drug-likeness (QED) is 0.816. The van der Waals surface area contributed by atoms with Crippen LogP contribution in [0.15, 0.2) is 53.4 Å². The summed E-state index contributed by atoms with van der Waals surface area (Å²) in [7, 11) is -2.48. The Morgan fingerprint density at radius 3 is 2.17 bits per heavy atom. The number of amides is 1. The number of likely N-dealkylation sites (N-methyl/N-ethyl adjacent to an activating group) is 1. The van der Waals surface area contributed by atoms with Gasteiger partial charge in [-0.05, 0) is 17.7 Å². The van der Waals surface area contributed by atoms with E-state index in [-0.39, 0.29) is 27.4 Å². The fraction of sp³-hybridized carbons (Fsp3) is 0.188. The highest BCUT2D eigenvalue weighted by Gasteiger charge is 2.45. The Bertz CT molecular complexity index is 867. The normalized spacial score (nSPS) is 19.0. The molecule has 0 radical (unpaired) electrons. The first-order valence-electron chi connectivity index (χ1n) is 7.10. The second-order valence-corrected chi connectivity index (χ2v) is 8.03. The average Bonchev–Trinajstić information content (AvgIpc) is 2.84. The molecule has 0 unspecified atom stereocenters. The van der Waals surface area contributed by atoms with Crippen LogP contribution in [0.4, 0.5) is 0 Å². The molecule has 1 aliphatic heterocycles. The van der Waals surface area contributed by atoms with Crippen molar-refractivity contribution in [3.8, 4) is 0 Å². The first-order valence-corrected chi connectivity index (χ1v) is 9.30. The molecule has 126 valence electrons. The Kier molecular flexibility index (Phi) is 4.57. The molecule has 1 fully saturated rings. The first-order chi connectivity index (χ1) is 11.3. The van der Waals surface area contributed by atoms with Gasteiger partial charge in [-0.2, -0.15) is 4.31 Å². The third-order valence-corrected chi connectivity index (χ3v) is 6.66. The molecule has 8 heteroatoms. The molecule has 2 aromatic rings. The van der Waals surface area contributed by atoms with Crippen LogP contribution in [0, 0.1) is 0 Å². The van der Waals surface area contributed by atoms with E-state index in [2.05, 4.69) is 0 Å². The Morgan fingerprint density at radius 2 is 1.58 bits per heavy atom. The average molecular weight is 385 g/mol. The van der Waals surface area contributed by atoms with Crippen LogP contribution in [0.5, 0.6) is 0 Å². The summed E-state index contributed by atoms with van der Waals surface area (Å²) in [6, 6.07) is 13.4. The number of carbonyl (C=O) groups is 1. The highest BCUT2D eigenvalue weighted by molar-refractivity contribution is 7.89. The van der Waals surface area contributed by atoms with E-state index in [0.717, 1.165) is 4.31 Å². The molecule has 1 atom stereocenters. The van der Waals surface area contributed by atoms with Gasteiger partial charge in [0.25, 0.3) is 0 Å². The second kappa shape index (κ2) is 6.37. The molecule has 0 aliphatic carbocycles. The lowest BCUT2D eigenvalue weighted by atomic mass is 10.2. The van der Waals surface area contributed by atoms with Gasteiger partial charge in [0.15, 0.2) is 0 Å². The van der Waals surface area contributed by atoms with Gasteiger partial charge in [0.05, 0.1) is 16.6 Å². The summed E-state index contributed by atoms with van der Waals surface area (Å²) in [6.45, 7) is -0.264. The summed E-state index contributed by atoms with van der Waals surface area (Å²) in [4.78, 5) is 13.4. The molecule has 1 saturated heterocycles. The van der Waals surface area contributed by atoms with Crippen molar-refractivity contribution < 1.29 is 13.2 Å². The zero-order chi connectivity index (χ0) is 17.5. The predicted molar refractivity (Wildman–Crippen MR) is 92.3 cm³/mol. The maximum absolute atomic E-state index is 13.1. The molecule has 0 spiro atoms. The van der Waals surface area contributed by atoms with E-state index in [4.69, 9.17) is 23.2 Å². The minimum Gasteiger partial charge on any atom is -0.324 e. The number of rotatable bonds is 3. The summed E-state index contributed by atoms with van der Waals surface area (Å²) in [6.07, 6.45) is -0.740. The molecule has 0 saturated carbocycles. The van der Waals surface area contributed by atoms with Crippen molar-refractivity contribution in [2.24, 2.45) is 0 Å². The molecule has 1 amide bonds. The highest BCUT2D eigenvalue weighted by atomic mass is 35.5. The lowest BCUT2D eigenvalue weighted by molar-refractivity contribution is -0.126. The maximum Gasteiger partial charge on any atom is 0.248 e. The van der Waals surface area contributed by atoms with Crippen LogP contribution in [0.25, 0.3) is 0 Å². The SMILES string of the molecule is CN1C(=O)CN(S(=O)(=O)c2c(Cl)cccc2Cl)[C@H]1c1ccccc1. The van der Waals surface area contributed by atoms with Crippen molar-refractivity contribution >= 4 is 39.1 Å². The van der Waals surface area contributed by atoms with Gasteiger partial charge < -0.3 is 4.90 Å². The van der Waals surface area contributed by atoms with E-state index in [9.17, 15) is 13.2 Å². The van der Waals surface area contributed by atoms with E-state index in [1.165, 1.54) is 17.0 Å². The molecular weight excluding hydrogens is 371 g/mol. The van der Waals surface area contributed by atoms with Crippen LogP contribution in [0.2, 0.25) is 10.0 Å². The molecule has 24 heavy (non-hydrogen) atoms. The van der Waals surface area contributed by atoms with Crippen LogP contribution in [-0.4, -0.2) is 37.1 Å². The van der Waals surface area contributed by atoms with Crippen LogP contribution in [0.3, 0.4) is 0 Å². The standard InChI is InChI=1S/C16H14Cl2N2O3S/c1-19-14(21)10-20(16(19)11-6-3-2-4-7-11)24(22,23)15-12(17)8-5-9-13(15)18/h2-9,16H,10H2,1H3/t16-/m0/s1. The van der Waals surface area contributed by atoms with Crippen LogP contribution < -0.4 is 0 Å². The molecule has 1 aliphatic rings. The zero-order valence-electron chi connectivity index (χ0n) is 12.7. The number of nitrogens with zero attached hydrogens (tertiary/aromatic N) is 2. The third-order valence-electron chi connectivity index (χ3n) is 3.91. The fourth-order valence-corrected chi connectivity index (χ4v) is 5.39. The Labute approximate surface area is 150 Å². The third kappa shape index (κ3) is 2.80. The molecule has 2 aromatic carbocycles. The minimum atomic E-state index is -4.06. The Morgan fingerprint density at radius 1 is 1.00 bits per heavy atom. The summed E-state index contributed by atoms with van der Waals surface area (Å²) < 4.78 is 27.4. The fourth-order valence-electron chi connectivity index (χ4n) is 2.74. The van der Waals surface area contributed by atoms with Crippen LogP contribution in [-0.2, 0) is 14.8 Å². The molecule has 0 N–H and O–H groups in total. The van der Waals surface area contributed by atoms with Gasteiger partial charge in [-0.1, -0.05) is 59.6 Å². The van der Waals surface area contributed by atoms with Crippen LogP contribution >= 0.6 is 23.2 Å². The molecule has 1 heterocycles. The summed E-state index contributed by atoms with van der Waals surface area (Å²) in [5.41, 5.74) is 0.692. The summed E-state index contributed by atoms with van der Waals surface area (Å²) >= 11 is 12.1. The minimum absolute atomic E-state index is 0.0244. The van der Waals surface area contributed by atoms with Crippen molar-refractivity contribution in [2.45, 2.75) is 11.1 Å². The van der Waals surface area contributed by atoms with Crippen molar-refractivity contribution in [2.75, 3.05) is 13.6 Å². The van der Waals surface area contributed by atoms with E-state index in [1.807, 2.05) is 6.07 Å². The van der Waals surface area contributed by atoms with E-state index < -0.39 is 16.2 Å². The van der Waals surface area contributed by atoms with Gasteiger partial charge in [0.2, 0.25) is 15.9 Å². The van der Waals surface area contributed by atoms with E-state index >= 15 is 0 Å². The zero-order valence-corrected chi connectivity index (χ0v) is 15.0. The summed E-state index contributed by atoms with van der Waals surface area (Å²) in [5, 5.41) is 0.0487. The van der Waals surface area contributed by atoms with Gasteiger partial charge in [0, 0.05) is 7.05 Å². The van der Waals surface area contributed by atoms with Crippen molar-refractivity contribution in [3.63, 3.8) is 0 Å². The van der Waals surface area contributed by atoms with Crippen LogP contribution in [0.1, 0.15) is 11.7 Å². The van der Waals surface area contributed by atoms with Gasteiger partial charge in [0.1, 0.15) is 11.1 Å². The lowest BCUT2D eigenvalue weighted by Gasteiger charge is -2.28. The topological polar surface area (TPSA) is 57.7 Å². The number of hydrogen-bond donors (Lipinski definition) is 0. The van der Waals surface area contributed by atoms with Gasteiger partial charge in [-0.15, -0.1) is 0 Å². The number of benzene rings is 2. The van der Waals surface area contributed by atoms with Gasteiger partial charge in [-0.25, -0.2) is 8.42 Å². The number of sulfonamides is 1. The summed E-state index contributed by atoms with van der Waals surface area (Å²) in [5.74, 6) is -0.296. The van der Waals surface area contributed by atoms with Crippen molar-refractivity contribution in [1.29, 1.82) is 0 Å². The van der Waals surface area contributed by atoms with E-state index in [1.54, 1.807) is 37.4 Å². The maximum atomic E-state index is 13.1. The number of carbonyl (C=O) groups excluding carboxylic acids is 1. The number of hydrogen-bond acceptors (Lipinski definition) is 3. The highest BCUT2D eigenvalue weighted by Crippen LogP contribution is 2.38. The Hall–Kier alpha value is -1.60. The largest absolute Gasteiger partial charge is 0.324 e. The lowest BCUT2D eigenvalue weighted by Crippen LogP contribution is -2.34. The number of halogens is 2. The molecular formula is C16H14Cl2N2O3S. The van der Waals surface area contributed by atoms with Gasteiger partial charge in [-0.3, -0.25) is 4.79 Å². The predicted octanol–water partition coefficient (Wildman–Crippen LogP) is 3.15. The smallest absolute Gasteiger partial charge is 0.248 e. The van der Waals surface area contributed by atoms with E-state index in [0.29, 0.717) is 5.56 Å². The second-order valence-electron chi connectivity index (χ2n) is 5.39. The molecule has 3 rings (SSSR count). The van der Waals surface area contributed by atoms with Crippen molar-refractivity contribution in [3.05, 3.63) is 64.1 Å². The molecule has 0 bridgehead atoms. The monoisotopic (exact) mass is 384 g/mol. The first kappa shape index (κ1) is 17.2. The molecule has 0 aromatic heterocycles.